The van der Waals surface area contributed by atoms with Gasteiger partial charge in [0, 0.05) is 17.3 Å². The van der Waals surface area contributed by atoms with Crippen molar-refractivity contribution in [1.82, 2.24) is 4.98 Å². The SMILES string of the molecule is CC(=O)c1c(C)[nH]c(C(=O)[C@H](C)OC(=O)c2c(C)cccc2[N+](=O)[O-])c1C. The van der Waals surface area contributed by atoms with Crippen molar-refractivity contribution in [2.45, 2.75) is 40.7 Å². The molecule has 0 aliphatic heterocycles. The van der Waals surface area contributed by atoms with Crippen molar-refractivity contribution in [1.29, 1.82) is 0 Å². The van der Waals surface area contributed by atoms with Crippen LogP contribution in [-0.2, 0) is 4.74 Å². The van der Waals surface area contributed by atoms with E-state index >= 15 is 0 Å². The molecule has 1 atom stereocenters. The van der Waals surface area contributed by atoms with Crippen LogP contribution in [0.15, 0.2) is 18.2 Å². The average Bonchev–Trinajstić information content (AvgIpc) is 2.87. The highest BCUT2D eigenvalue weighted by molar-refractivity contribution is 6.06. The van der Waals surface area contributed by atoms with Gasteiger partial charge in [-0.3, -0.25) is 19.7 Å². The van der Waals surface area contributed by atoms with E-state index in [2.05, 4.69) is 4.98 Å². The van der Waals surface area contributed by atoms with Gasteiger partial charge >= 0.3 is 5.97 Å². The first-order chi connectivity index (χ1) is 12.6. The number of hydrogen-bond acceptors (Lipinski definition) is 6. The van der Waals surface area contributed by atoms with Crippen molar-refractivity contribution in [2.75, 3.05) is 0 Å². The van der Waals surface area contributed by atoms with E-state index in [0.29, 0.717) is 22.4 Å². The fraction of sp³-hybridized carbons (Fsp3) is 0.316. The summed E-state index contributed by atoms with van der Waals surface area (Å²) in [6.45, 7) is 7.64. The summed E-state index contributed by atoms with van der Waals surface area (Å²) in [5.41, 5.74) is 1.44. The summed E-state index contributed by atoms with van der Waals surface area (Å²) in [5, 5.41) is 11.2. The number of nitrogens with one attached hydrogen (secondary N) is 1. The summed E-state index contributed by atoms with van der Waals surface area (Å²) < 4.78 is 5.19. The van der Waals surface area contributed by atoms with Crippen LogP contribution in [0.1, 0.15) is 61.9 Å². The van der Waals surface area contributed by atoms with Crippen molar-refractivity contribution in [3.63, 3.8) is 0 Å². The second-order valence-electron chi connectivity index (χ2n) is 6.32. The van der Waals surface area contributed by atoms with E-state index in [9.17, 15) is 24.5 Å². The van der Waals surface area contributed by atoms with Crippen LogP contribution in [0.4, 0.5) is 5.69 Å². The summed E-state index contributed by atoms with van der Waals surface area (Å²) in [5.74, 6) is -1.65. The molecule has 2 aromatic rings. The van der Waals surface area contributed by atoms with Gasteiger partial charge in [-0.25, -0.2) is 4.79 Å². The number of ketones is 2. The molecule has 142 valence electrons. The third kappa shape index (κ3) is 3.79. The lowest BCUT2D eigenvalue weighted by Crippen LogP contribution is -2.26. The molecule has 2 rings (SSSR count). The molecule has 27 heavy (non-hydrogen) atoms. The fourth-order valence-electron chi connectivity index (χ4n) is 3.07. The molecule has 1 aromatic carbocycles. The van der Waals surface area contributed by atoms with E-state index in [1.165, 1.54) is 26.0 Å². The molecule has 0 amide bonds. The Morgan fingerprint density at radius 2 is 1.78 bits per heavy atom. The van der Waals surface area contributed by atoms with Crippen molar-refractivity contribution in [3.05, 3.63) is 62.0 Å². The highest BCUT2D eigenvalue weighted by atomic mass is 16.6. The molecule has 0 radical (unpaired) electrons. The molecule has 8 heteroatoms. The molecule has 0 aliphatic rings. The average molecular weight is 372 g/mol. The number of hydrogen-bond donors (Lipinski definition) is 1. The minimum atomic E-state index is -1.19. The Hall–Kier alpha value is -3.29. The predicted molar refractivity (Wildman–Crippen MR) is 97.3 cm³/mol. The van der Waals surface area contributed by atoms with Crippen LogP contribution in [0.25, 0.3) is 0 Å². The maximum Gasteiger partial charge on any atom is 0.346 e. The molecule has 0 saturated carbocycles. The van der Waals surface area contributed by atoms with Crippen molar-refractivity contribution >= 4 is 23.2 Å². The van der Waals surface area contributed by atoms with Gasteiger partial charge in [0.15, 0.2) is 11.9 Å². The zero-order valence-corrected chi connectivity index (χ0v) is 15.7. The Bertz CT molecular complexity index is 957. The van der Waals surface area contributed by atoms with Gasteiger partial charge in [0.2, 0.25) is 5.78 Å². The third-order valence-corrected chi connectivity index (χ3v) is 4.34. The molecule has 0 unspecified atom stereocenters. The number of esters is 1. The molecular formula is C19H20N2O6. The topological polar surface area (TPSA) is 119 Å². The van der Waals surface area contributed by atoms with Crippen LogP contribution in [-0.4, -0.2) is 33.5 Å². The van der Waals surface area contributed by atoms with E-state index in [1.807, 2.05) is 0 Å². The quantitative estimate of drug-likeness (QED) is 0.359. The molecule has 0 fully saturated rings. The Labute approximate surface area is 155 Å². The summed E-state index contributed by atoms with van der Waals surface area (Å²) in [4.78, 5) is 50.2. The first-order valence-electron chi connectivity index (χ1n) is 8.25. The smallest absolute Gasteiger partial charge is 0.346 e. The number of Topliss-reactive ketones (excluding diaryl/α,β-unsaturated/α-hetero) is 2. The minimum Gasteiger partial charge on any atom is -0.450 e. The minimum absolute atomic E-state index is 0.178. The zero-order valence-electron chi connectivity index (χ0n) is 15.7. The number of aryl methyl sites for hydroxylation is 2. The van der Waals surface area contributed by atoms with Crippen LogP contribution in [0, 0.1) is 30.9 Å². The van der Waals surface area contributed by atoms with Crippen LogP contribution < -0.4 is 0 Å². The molecule has 0 saturated heterocycles. The number of benzene rings is 1. The van der Waals surface area contributed by atoms with Crippen LogP contribution in [0.2, 0.25) is 0 Å². The second-order valence-corrected chi connectivity index (χ2v) is 6.32. The molecular weight excluding hydrogens is 352 g/mol. The predicted octanol–water partition coefficient (Wildman–Crippen LogP) is 3.48. The normalized spacial score (nSPS) is 11.7. The van der Waals surface area contributed by atoms with Crippen molar-refractivity contribution in [2.24, 2.45) is 0 Å². The number of H-pyrrole nitrogens is 1. The number of nitrogens with zero attached hydrogens (tertiary/aromatic N) is 1. The number of carbonyl (C=O) groups excluding carboxylic acids is 3. The molecule has 0 bridgehead atoms. The molecule has 1 aromatic heterocycles. The van der Waals surface area contributed by atoms with Gasteiger partial charge in [0.25, 0.3) is 5.69 Å². The third-order valence-electron chi connectivity index (χ3n) is 4.34. The molecule has 1 heterocycles. The lowest BCUT2D eigenvalue weighted by Gasteiger charge is -2.13. The maximum atomic E-state index is 12.7. The summed E-state index contributed by atoms with van der Waals surface area (Å²) in [7, 11) is 0. The van der Waals surface area contributed by atoms with Crippen molar-refractivity contribution < 1.29 is 24.0 Å². The van der Waals surface area contributed by atoms with Gasteiger partial charge in [-0.15, -0.1) is 0 Å². The van der Waals surface area contributed by atoms with Gasteiger partial charge in [0.05, 0.1) is 10.6 Å². The number of aromatic nitrogens is 1. The second kappa shape index (κ2) is 7.53. The van der Waals surface area contributed by atoms with Gasteiger partial charge in [-0.05, 0) is 45.7 Å². The van der Waals surface area contributed by atoms with Gasteiger partial charge in [-0.2, -0.15) is 0 Å². The van der Waals surface area contributed by atoms with E-state index in [1.54, 1.807) is 26.8 Å². The first-order valence-corrected chi connectivity index (χ1v) is 8.25. The maximum absolute atomic E-state index is 12.7. The lowest BCUT2D eigenvalue weighted by molar-refractivity contribution is -0.385. The monoisotopic (exact) mass is 372 g/mol. The van der Waals surface area contributed by atoms with Gasteiger partial charge < -0.3 is 9.72 Å². The number of rotatable bonds is 6. The molecule has 8 nitrogen and oxygen atoms in total. The number of ether oxygens (including phenoxy) is 1. The standard InChI is InChI=1S/C19H20N2O6/c1-9-7-6-8-14(21(25)26)15(9)19(24)27-13(5)18(23)17-10(2)16(12(4)22)11(3)20-17/h6-8,13,20H,1-5H3/t13-/m0/s1. The number of nitro groups is 1. The number of aromatic amines is 1. The Balaban J connectivity index is 2.31. The van der Waals surface area contributed by atoms with Crippen LogP contribution >= 0.6 is 0 Å². The Morgan fingerprint density at radius 3 is 2.30 bits per heavy atom. The van der Waals surface area contributed by atoms with E-state index in [-0.39, 0.29) is 22.7 Å². The number of carbonyl (C=O) groups is 3. The fourth-order valence-corrected chi connectivity index (χ4v) is 3.07. The van der Waals surface area contributed by atoms with E-state index in [0.717, 1.165) is 0 Å². The molecule has 0 aliphatic carbocycles. The van der Waals surface area contributed by atoms with Crippen LogP contribution in [0.5, 0.6) is 0 Å². The summed E-state index contributed by atoms with van der Waals surface area (Å²) in [6, 6.07) is 4.22. The van der Waals surface area contributed by atoms with Gasteiger partial charge in [-0.1, -0.05) is 12.1 Å². The molecule has 0 spiro atoms. The van der Waals surface area contributed by atoms with E-state index in [4.69, 9.17) is 4.74 Å². The first kappa shape index (κ1) is 20.0. The summed E-state index contributed by atoms with van der Waals surface area (Å²) in [6.07, 6.45) is -1.19. The molecule has 1 N–H and O–H groups in total. The Kier molecular flexibility index (Phi) is 5.58. The highest BCUT2D eigenvalue weighted by Crippen LogP contribution is 2.24. The highest BCUT2D eigenvalue weighted by Gasteiger charge is 2.29. The Morgan fingerprint density at radius 1 is 1.15 bits per heavy atom. The summed E-state index contributed by atoms with van der Waals surface area (Å²) >= 11 is 0. The zero-order chi connectivity index (χ0) is 20.5. The largest absolute Gasteiger partial charge is 0.450 e. The van der Waals surface area contributed by atoms with Crippen molar-refractivity contribution in [3.8, 4) is 0 Å². The lowest BCUT2D eigenvalue weighted by atomic mass is 10.0. The van der Waals surface area contributed by atoms with Gasteiger partial charge in [0.1, 0.15) is 5.56 Å². The number of nitro benzene ring substituents is 1. The van der Waals surface area contributed by atoms with E-state index < -0.39 is 22.8 Å². The van der Waals surface area contributed by atoms with Crippen LogP contribution in [0.3, 0.4) is 0 Å².